The molecule has 4 rings (SSSR count). The predicted octanol–water partition coefficient (Wildman–Crippen LogP) is 4.39. The van der Waals surface area contributed by atoms with Gasteiger partial charge in [0, 0.05) is 30.8 Å². The molecule has 0 saturated carbocycles. The highest BCUT2D eigenvalue weighted by Crippen LogP contribution is 2.32. The zero-order valence-corrected chi connectivity index (χ0v) is 19.0. The lowest BCUT2D eigenvalue weighted by molar-refractivity contribution is -0.127. The van der Waals surface area contributed by atoms with Crippen LogP contribution in [-0.4, -0.2) is 44.5 Å². The molecule has 0 aliphatic heterocycles. The van der Waals surface area contributed by atoms with Gasteiger partial charge in [0.15, 0.2) is 5.16 Å². The highest BCUT2D eigenvalue weighted by molar-refractivity contribution is 7.98. The van der Waals surface area contributed by atoms with Gasteiger partial charge < -0.3 is 4.90 Å². The van der Waals surface area contributed by atoms with Gasteiger partial charge in [-0.3, -0.25) is 4.79 Å². The summed E-state index contributed by atoms with van der Waals surface area (Å²) >= 11 is 3.14. The van der Waals surface area contributed by atoms with E-state index in [-0.39, 0.29) is 5.91 Å². The third kappa shape index (κ3) is 4.24. The predicted molar refractivity (Wildman–Crippen MR) is 122 cm³/mol. The quantitative estimate of drug-likeness (QED) is 0.419. The monoisotopic (exact) mass is 437 g/mol. The van der Waals surface area contributed by atoms with Crippen LogP contribution in [0.1, 0.15) is 22.0 Å². The molecule has 6 nitrogen and oxygen atoms in total. The highest BCUT2D eigenvalue weighted by atomic mass is 32.2. The fourth-order valence-corrected chi connectivity index (χ4v) is 4.95. The summed E-state index contributed by atoms with van der Waals surface area (Å²) in [4.78, 5) is 23.1. The number of rotatable bonds is 6. The number of aromatic nitrogens is 4. The number of aryl methyl sites for hydroxylation is 2. The van der Waals surface area contributed by atoms with Gasteiger partial charge in [-0.1, -0.05) is 42.1 Å². The Labute approximate surface area is 184 Å². The molecule has 0 fully saturated rings. The fraction of sp³-hybridized carbons (Fsp3) is 0.273. The molecule has 3 aromatic heterocycles. The lowest BCUT2D eigenvalue weighted by Gasteiger charge is -2.07. The summed E-state index contributed by atoms with van der Waals surface area (Å²) in [7, 11) is 3.52. The number of amides is 1. The van der Waals surface area contributed by atoms with Crippen LogP contribution in [0.2, 0.25) is 0 Å². The number of thiazole rings is 1. The minimum atomic E-state index is 0.0606. The fourth-order valence-electron chi connectivity index (χ4n) is 3.22. The SMILES string of the molecule is Cc1cc(C)c2c(-c3ccccc3)nc(SCc3csc(CC(=O)N(C)C)n3)n2n1. The van der Waals surface area contributed by atoms with E-state index in [0.29, 0.717) is 12.2 Å². The summed E-state index contributed by atoms with van der Waals surface area (Å²) in [5.41, 5.74) is 6.11. The smallest absolute Gasteiger partial charge is 0.228 e. The van der Waals surface area contributed by atoms with Crippen LogP contribution in [0.15, 0.2) is 46.9 Å². The van der Waals surface area contributed by atoms with Crippen LogP contribution >= 0.6 is 23.1 Å². The van der Waals surface area contributed by atoms with Crippen molar-refractivity contribution in [2.75, 3.05) is 14.1 Å². The van der Waals surface area contributed by atoms with E-state index in [1.54, 1.807) is 30.8 Å². The van der Waals surface area contributed by atoms with Gasteiger partial charge in [-0.15, -0.1) is 11.3 Å². The van der Waals surface area contributed by atoms with E-state index in [1.165, 1.54) is 11.3 Å². The Morgan fingerprint density at radius 1 is 1.17 bits per heavy atom. The number of fused-ring (bicyclic) bond motifs is 1. The second-order valence-electron chi connectivity index (χ2n) is 7.32. The van der Waals surface area contributed by atoms with Gasteiger partial charge in [-0.2, -0.15) is 5.10 Å². The third-order valence-corrected chi connectivity index (χ3v) is 6.54. The van der Waals surface area contributed by atoms with Crippen molar-refractivity contribution in [2.24, 2.45) is 0 Å². The maximum atomic E-state index is 11.9. The van der Waals surface area contributed by atoms with Crippen molar-refractivity contribution in [1.29, 1.82) is 0 Å². The van der Waals surface area contributed by atoms with Crippen LogP contribution < -0.4 is 0 Å². The molecule has 0 N–H and O–H groups in total. The summed E-state index contributed by atoms with van der Waals surface area (Å²) in [5, 5.41) is 8.42. The average Bonchev–Trinajstić information content (AvgIpc) is 3.31. The van der Waals surface area contributed by atoms with E-state index < -0.39 is 0 Å². The van der Waals surface area contributed by atoms with Crippen molar-refractivity contribution in [2.45, 2.75) is 31.2 Å². The summed E-state index contributed by atoms with van der Waals surface area (Å²) in [5.74, 6) is 0.736. The van der Waals surface area contributed by atoms with Crippen LogP contribution in [0.3, 0.4) is 0 Å². The molecule has 3 heterocycles. The molecule has 1 amide bonds. The average molecular weight is 438 g/mol. The zero-order valence-electron chi connectivity index (χ0n) is 17.4. The van der Waals surface area contributed by atoms with Crippen molar-refractivity contribution in [3.8, 4) is 11.3 Å². The molecule has 0 atom stereocenters. The lowest BCUT2D eigenvalue weighted by atomic mass is 10.1. The van der Waals surface area contributed by atoms with Crippen LogP contribution in [0.25, 0.3) is 16.8 Å². The van der Waals surface area contributed by atoms with E-state index in [1.807, 2.05) is 35.0 Å². The Morgan fingerprint density at radius 3 is 2.67 bits per heavy atom. The number of thioether (sulfide) groups is 1. The Bertz CT molecular complexity index is 1200. The normalized spacial score (nSPS) is 11.2. The van der Waals surface area contributed by atoms with Crippen LogP contribution in [-0.2, 0) is 17.0 Å². The van der Waals surface area contributed by atoms with Gasteiger partial charge >= 0.3 is 0 Å². The van der Waals surface area contributed by atoms with Crippen LogP contribution in [0, 0.1) is 13.8 Å². The Kier molecular flexibility index (Phi) is 5.87. The number of nitrogens with zero attached hydrogens (tertiary/aromatic N) is 5. The Hall–Kier alpha value is -2.71. The molecule has 0 saturated heterocycles. The van der Waals surface area contributed by atoms with E-state index >= 15 is 0 Å². The number of imidazole rings is 1. The summed E-state index contributed by atoms with van der Waals surface area (Å²) in [6.45, 7) is 4.10. The molecule has 8 heteroatoms. The summed E-state index contributed by atoms with van der Waals surface area (Å²) in [6.07, 6.45) is 0.340. The standard InChI is InChI=1S/C22H23N5OS2/c1-14-10-15(2)25-27-21(14)20(16-8-6-5-7-9-16)24-22(27)30-13-17-12-29-18(23-17)11-19(28)26(3)4/h5-10,12H,11,13H2,1-4H3. The summed E-state index contributed by atoms with van der Waals surface area (Å²) in [6, 6.07) is 12.3. The number of hydrogen-bond acceptors (Lipinski definition) is 6. The van der Waals surface area contributed by atoms with E-state index in [2.05, 4.69) is 30.1 Å². The van der Waals surface area contributed by atoms with Crippen molar-refractivity contribution in [1.82, 2.24) is 24.5 Å². The minimum Gasteiger partial charge on any atom is -0.348 e. The molecule has 0 spiro atoms. The van der Waals surface area contributed by atoms with Gasteiger partial charge in [0.05, 0.1) is 29.0 Å². The largest absolute Gasteiger partial charge is 0.348 e. The number of carbonyl (C=O) groups excluding carboxylic acids is 1. The first kappa shape index (κ1) is 20.6. The molecule has 30 heavy (non-hydrogen) atoms. The molecule has 154 valence electrons. The van der Waals surface area contributed by atoms with Crippen molar-refractivity contribution in [3.05, 3.63) is 63.7 Å². The molecular weight excluding hydrogens is 414 g/mol. The van der Waals surface area contributed by atoms with E-state index in [0.717, 1.165) is 43.9 Å². The first-order chi connectivity index (χ1) is 14.4. The molecule has 0 unspecified atom stereocenters. The van der Waals surface area contributed by atoms with E-state index in [9.17, 15) is 4.79 Å². The minimum absolute atomic E-state index is 0.0606. The molecule has 0 bridgehead atoms. The Balaban J connectivity index is 1.62. The molecular formula is C22H23N5OS2. The maximum Gasteiger partial charge on any atom is 0.228 e. The number of likely N-dealkylation sites (N-methyl/N-ethyl adjacent to an activating group) is 1. The van der Waals surface area contributed by atoms with Gasteiger partial charge in [-0.05, 0) is 25.5 Å². The Morgan fingerprint density at radius 2 is 1.93 bits per heavy atom. The topological polar surface area (TPSA) is 63.4 Å². The van der Waals surface area contributed by atoms with Crippen LogP contribution in [0.5, 0.6) is 0 Å². The third-order valence-electron chi connectivity index (χ3n) is 4.68. The van der Waals surface area contributed by atoms with Gasteiger partial charge in [0.1, 0.15) is 5.01 Å². The maximum absolute atomic E-state index is 11.9. The zero-order chi connectivity index (χ0) is 21.3. The van der Waals surface area contributed by atoms with Crippen molar-refractivity contribution < 1.29 is 4.79 Å². The number of carbonyl (C=O) groups is 1. The first-order valence-electron chi connectivity index (χ1n) is 9.61. The van der Waals surface area contributed by atoms with Crippen molar-refractivity contribution in [3.63, 3.8) is 0 Å². The molecule has 0 aliphatic carbocycles. The summed E-state index contributed by atoms with van der Waals surface area (Å²) < 4.78 is 1.94. The second-order valence-corrected chi connectivity index (χ2v) is 9.21. The highest BCUT2D eigenvalue weighted by Gasteiger charge is 2.17. The first-order valence-corrected chi connectivity index (χ1v) is 11.5. The molecule has 0 radical (unpaired) electrons. The van der Waals surface area contributed by atoms with E-state index in [4.69, 9.17) is 10.1 Å². The lowest BCUT2D eigenvalue weighted by Crippen LogP contribution is -2.23. The second kappa shape index (κ2) is 8.57. The molecule has 1 aromatic carbocycles. The molecule has 4 aromatic rings. The van der Waals surface area contributed by atoms with Gasteiger partial charge in [0.2, 0.25) is 5.91 Å². The van der Waals surface area contributed by atoms with Crippen molar-refractivity contribution >= 4 is 34.5 Å². The number of benzene rings is 1. The van der Waals surface area contributed by atoms with Gasteiger partial charge in [-0.25, -0.2) is 14.5 Å². The number of hydrogen-bond donors (Lipinski definition) is 0. The van der Waals surface area contributed by atoms with Crippen LogP contribution in [0.4, 0.5) is 0 Å². The van der Waals surface area contributed by atoms with Gasteiger partial charge in [0.25, 0.3) is 0 Å². The molecule has 0 aliphatic rings.